The molecule has 0 saturated carbocycles. The summed E-state index contributed by atoms with van der Waals surface area (Å²) < 4.78 is 5.33. The first kappa shape index (κ1) is 15.6. The summed E-state index contributed by atoms with van der Waals surface area (Å²) in [5, 5.41) is 3.55. The van der Waals surface area contributed by atoms with Crippen molar-refractivity contribution in [2.75, 3.05) is 48.5 Å². The van der Waals surface area contributed by atoms with Crippen molar-refractivity contribution in [2.45, 2.75) is 19.4 Å². The molecule has 1 fully saturated rings. The molecule has 0 bridgehead atoms. The zero-order valence-electron chi connectivity index (χ0n) is 11.8. The first-order chi connectivity index (χ1) is 9.72. The quantitative estimate of drug-likeness (QED) is 0.860. The maximum atomic E-state index is 6.01. The highest BCUT2D eigenvalue weighted by atomic mass is 35.5. The van der Waals surface area contributed by atoms with Crippen LogP contribution in [-0.2, 0) is 4.74 Å². The topological polar surface area (TPSA) is 63.2 Å². The van der Waals surface area contributed by atoms with Crippen molar-refractivity contribution >= 4 is 35.3 Å². The van der Waals surface area contributed by atoms with Crippen LogP contribution < -0.4 is 10.2 Å². The van der Waals surface area contributed by atoms with Crippen molar-refractivity contribution in [1.82, 2.24) is 15.0 Å². The fourth-order valence-electron chi connectivity index (χ4n) is 1.95. The Morgan fingerprint density at radius 2 is 2.10 bits per heavy atom. The van der Waals surface area contributed by atoms with Crippen molar-refractivity contribution in [1.29, 1.82) is 0 Å². The number of nitrogens with one attached hydrogen (secondary N) is 1. The van der Waals surface area contributed by atoms with E-state index in [9.17, 15) is 0 Å². The summed E-state index contributed by atoms with van der Waals surface area (Å²) in [4.78, 5) is 14.9. The SMILES string of the molecule is CCC(CSC)Nc1nc(Cl)nc(N2CCOCC2)n1. The molecule has 1 N–H and O–H groups in total. The summed E-state index contributed by atoms with van der Waals surface area (Å²) >= 11 is 7.80. The molecule has 1 atom stereocenters. The molecule has 2 rings (SSSR count). The Kier molecular flexibility index (Phi) is 6.12. The lowest BCUT2D eigenvalue weighted by Crippen LogP contribution is -2.37. The van der Waals surface area contributed by atoms with Crippen LogP contribution in [-0.4, -0.2) is 59.3 Å². The molecular formula is C12H20ClN5OS. The van der Waals surface area contributed by atoms with Crippen molar-refractivity contribution < 1.29 is 4.74 Å². The smallest absolute Gasteiger partial charge is 0.231 e. The Morgan fingerprint density at radius 3 is 2.75 bits per heavy atom. The Labute approximate surface area is 128 Å². The molecule has 1 aromatic rings. The van der Waals surface area contributed by atoms with E-state index in [0.29, 0.717) is 31.2 Å². The van der Waals surface area contributed by atoms with Gasteiger partial charge in [0, 0.05) is 24.9 Å². The van der Waals surface area contributed by atoms with Gasteiger partial charge in [0.15, 0.2) is 0 Å². The van der Waals surface area contributed by atoms with Crippen LogP contribution in [0.1, 0.15) is 13.3 Å². The lowest BCUT2D eigenvalue weighted by atomic mass is 10.3. The Bertz CT molecular complexity index is 430. The maximum absolute atomic E-state index is 6.01. The van der Waals surface area contributed by atoms with Gasteiger partial charge in [0.2, 0.25) is 17.2 Å². The fourth-order valence-corrected chi connectivity index (χ4v) is 2.83. The number of morpholine rings is 1. The average Bonchev–Trinajstić information content (AvgIpc) is 2.47. The van der Waals surface area contributed by atoms with Gasteiger partial charge >= 0.3 is 0 Å². The molecule has 1 unspecified atom stereocenters. The van der Waals surface area contributed by atoms with Crippen LogP contribution in [0.3, 0.4) is 0 Å². The molecule has 20 heavy (non-hydrogen) atoms. The lowest BCUT2D eigenvalue weighted by molar-refractivity contribution is 0.122. The molecule has 0 aromatic carbocycles. The van der Waals surface area contributed by atoms with Crippen LogP contribution >= 0.6 is 23.4 Å². The minimum absolute atomic E-state index is 0.225. The third-order valence-corrected chi connectivity index (χ3v) is 3.99. The molecule has 1 aliphatic rings. The van der Waals surface area contributed by atoms with E-state index in [1.807, 2.05) is 0 Å². The molecule has 1 aliphatic heterocycles. The molecule has 2 heterocycles. The molecule has 0 aliphatic carbocycles. The highest BCUT2D eigenvalue weighted by Crippen LogP contribution is 2.16. The van der Waals surface area contributed by atoms with Crippen molar-refractivity contribution in [3.05, 3.63) is 5.28 Å². The van der Waals surface area contributed by atoms with Crippen LogP contribution in [0.25, 0.3) is 0 Å². The zero-order chi connectivity index (χ0) is 14.4. The minimum Gasteiger partial charge on any atom is -0.378 e. The summed E-state index contributed by atoms with van der Waals surface area (Å²) in [7, 11) is 0. The molecule has 8 heteroatoms. The second-order valence-corrected chi connectivity index (χ2v) is 5.78. The van der Waals surface area contributed by atoms with Gasteiger partial charge in [-0.25, -0.2) is 0 Å². The minimum atomic E-state index is 0.225. The fraction of sp³-hybridized carbons (Fsp3) is 0.750. The Balaban J connectivity index is 2.10. The summed E-state index contributed by atoms with van der Waals surface area (Å²) in [6.45, 7) is 5.08. The number of thioether (sulfide) groups is 1. The Morgan fingerprint density at radius 1 is 1.35 bits per heavy atom. The van der Waals surface area contributed by atoms with Crippen LogP contribution in [0.5, 0.6) is 0 Å². The van der Waals surface area contributed by atoms with Gasteiger partial charge in [0.05, 0.1) is 13.2 Å². The van der Waals surface area contributed by atoms with E-state index in [4.69, 9.17) is 16.3 Å². The number of ether oxygens (including phenoxy) is 1. The van der Waals surface area contributed by atoms with Crippen molar-refractivity contribution in [2.24, 2.45) is 0 Å². The first-order valence-electron chi connectivity index (χ1n) is 6.72. The molecule has 1 aromatic heterocycles. The van der Waals surface area contributed by atoms with Crippen molar-refractivity contribution in [3.8, 4) is 0 Å². The molecule has 0 amide bonds. The molecule has 112 valence electrons. The number of hydrogen-bond acceptors (Lipinski definition) is 7. The summed E-state index contributed by atoms with van der Waals surface area (Å²) in [5.41, 5.74) is 0. The monoisotopic (exact) mass is 317 g/mol. The predicted molar refractivity (Wildman–Crippen MR) is 84.0 cm³/mol. The van der Waals surface area contributed by atoms with E-state index in [-0.39, 0.29) is 5.28 Å². The van der Waals surface area contributed by atoms with Crippen LogP contribution in [0, 0.1) is 0 Å². The number of hydrogen-bond donors (Lipinski definition) is 1. The highest BCUT2D eigenvalue weighted by Gasteiger charge is 2.17. The van der Waals surface area contributed by atoms with Crippen LogP contribution in [0.15, 0.2) is 0 Å². The van der Waals surface area contributed by atoms with E-state index < -0.39 is 0 Å². The average molecular weight is 318 g/mol. The maximum Gasteiger partial charge on any atom is 0.231 e. The molecule has 0 radical (unpaired) electrons. The van der Waals surface area contributed by atoms with E-state index >= 15 is 0 Å². The van der Waals surface area contributed by atoms with Crippen molar-refractivity contribution in [3.63, 3.8) is 0 Å². The van der Waals surface area contributed by atoms with Gasteiger partial charge in [0.1, 0.15) is 0 Å². The molecule has 1 saturated heterocycles. The second-order valence-electron chi connectivity index (χ2n) is 4.53. The first-order valence-corrected chi connectivity index (χ1v) is 8.50. The lowest BCUT2D eigenvalue weighted by Gasteiger charge is -2.27. The second kappa shape index (κ2) is 7.85. The number of nitrogens with zero attached hydrogens (tertiary/aromatic N) is 4. The predicted octanol–water partition coefficient (Wildman–Crippen LogP) is 1.92. The Hall–Kier alpha value is -0.790. The van der Waals surface area contributed by atoms with Gasteiger partial charge in [-0.05, 0) is 24.3 Å². The van der Waals surface area contributed by atoms with E-state index in [0.717, 1.165) is 25.3 Å². The van der Waals surface area contributed by atoms with Gasteiger partial charge in [-0.3, -0.25) is 0 Å². The van der Waals surface area contributed by atoms with Gasteiger partial charge in [0.25, 0.3) is 0 Å². The molecular weight excluding hydrogens is 298 g/mol. The number of anilines is 2. The van der Waals surface area contributed by atoms with Gasteiger partial charge < -0.3 is 15.0 Å². The summed E-state index contributed by atoms with van der Waals surface area (Å²) in [6, 6.07) is 0.334. The van der Waals surface area contributed by atoms with Gasteiger partial charge in [-0.15, -0.1) is 0 Å². The largest absolute Gasteiger partial charge is 0.378 e. The summed E-state index contributed by atoms with van der Waals surface area (Å²) in [5.74, 6) is 2.18. The van der Waals surface area contributed by atoms with Gasteiger partial charge in [-0.2, -0.15) is 26.7 Å². The number of aromatic nitrogens is 3. The molecule has 0 spiro atoms. The third kappa shape index (κ3) is 4.36. The normalized spacial score (nSPS) is 17.1. The van der Waals surface area contributed by atoms with E-state index in [1.54, 1.807) is 11.8 Å². The zero-order valence-corrected chi connectivity index (χ0v) is 13.4. The summed E-state index contributed by atoms with van der Waals surface area (Å²) in [6.07, 6.45) is 3.10. The highest BCUT2D eigenvalue weighted by molar-refractivity contribution is 7.98. The standard InChI is InChI=1S/C12H20ClN5OS/c1-3-9(8-20-2)14-11-15-10(13)16-12(17-11)18-4-6-19-7-5-18/h9H,3-8H2,1-2H3,(H,14,15,16,17). The van der Waals surface area contributed by atoms with Crippen LogP contribution in [0.2, 0.25) is 5.28 Å². The third-order valence-electron chi connectivity index (χ3n) is 3.08. The number of rotatable bonds is 6. The van der Waals surface area contributed by atoms with E-state index in [2.05, 4.69) is 38.3 Å². The number of halogens is 1. The van der Waals surface area contributed by atoms with Gasteiger partial charge in [-0.1, -0.05) is 6.92 Å². The molecule has 6 nitrogen and oxygen atoms in total. The van der Waals surface area contributed by atoms with Crippen LogP contribution in [0.4, 0.5) is 11.9 Å². The van der Waals surface area contributed by atoms with E-state index in [1.165, 1.54) is 0 Å².